The molecule has 0 radical (unpaired) electrons. The highest BCUT2D eigenvalue weighted by molar-refractivity contribution is 7.10. The Morgan fingerprint density at radius 1 is 1.04 bits per heavy atom. The van der Waals surface area contributed by atoms with Gasteiger partial charge in [0, 0.05) is 22.2 Å². The maximum absolute atomic E-state index is 12.8. The molecule has 3 heterocycles. The van der Waals surface area contributed by atoms with Gasteiger partial charge in [-0.3, -0.25) is 4.99 Å². The third kappa shape index (κ3) is 3.78. The summed E-state index contributed by atoms with van der Waals surface area (Å²) in [5.74, 6) is 0.847. The van der Waals surface area contributed by atoms with E-state index in [1.165, 1.54) is 11.3 Å². The minimum atomic E-state index is -2.49. The van der Waals surface area contributed by atoms with E-state index < -0.39 is 19.0 Å². The van der Waals surface area contributed by atoms with Crippen molar-refractivity contribution in [2.24, 2.45) is 9.98 Å². The molecule has 0 spiro atoms. The quantitative estimate of drug-likeness (QED) is 0.716. The van der Waals surface area contributed by atoms with Gasteiger partial charge in [0.25, 0.3) is 6.43 Å². The van der Waals surface area contributed by atoms with E-state index in [2.05, 4.69) is 15.3 Å². The molecule has 0 saturated heterocycles. The second kappa shape index (κ2) is 7.75. The van der Waals surface area contributed by atoms with Crippen molar-refractivity contribution in [2.75, 3.05) is 6.54 Å². The molecule has 1 atom stereocenters. The zero-order valence-corrected chi connectivity index (χ0v) is 15.0. The number of aliphatic imine (C=N–C) groups is 2. The number of hydrogen-bond donors (Lipinski definition) is 1. The standard InChI is InChI=1S/C20H16F2N4S/c21-16(22)12-24-20-18(15-9-5-11-27-15)25-17(13-6-2-1-3-7-13)14-8-4-10-23-19(14)26-20/h1-11,16,18H,12H2,(H,23,24,26). The van der Waals surface area contributed by atoms with Gasteiger partial charge in [-0.2, -0.15) is 0 Å². The number of aromatic nitrogens is 1. The minimum absolute atomic E-state index is 0.378. The molecule has 1 N–H and O–H groups in total. The second-order valence-electron chi connectivity index (χ2n) is 5.91. The van der Waals surface area contributed by atoms with E-state index >= 15 is 0 Å². The third-order valence-corrected chi connectivity index (χ3v) is 5.01. The van der Waals surface area contributed by atoms with Gasteiger partial charge in [-0.05, 0) is 23.6 Å². The van der Waals surface area contributed by atoms with E-state index in [-0.39, 0.29) is 0 Å². The minimum Gasteiger partial charge on any atom is -0.366 e. The number of benzene rings is 1. The molecule has 136 valence electrons. The van der Waals surface area contributed by atoms with Gasteiger partial charge >= 0.3 is 0 Å². The fourth-order valence-electron chi connectivity index (χ4n) is 2.90. The molecular weight excluding hydrogens is 366 g/mol. The number of fused-ring (bicyclic) bond motifs is 1. The molecule has 0 saturated carbocycles. The number of rotatable bonds is 4. The van der Waals surface area contributed by atoms with Gasteiger partial charge in [0.2, 0.25) is 0 Å². The van der Waals surface area contributed by atoms with Crippen molar-refractivity contribution < 1.29 is 8.78 Å². The summed E-state index contributed by atoms with van der Waals surface area (Å²) in [6.07, 6.45) is -0.845. The van der Waals surface area contributed by atoms with Crippen molar-refractivity contribution in [1.82, 2.24) is 10.3 Å². The van der Waals surface area contributed by atoms with Gasteiger partial charge in [-0.15, -0.1) is 11.3 Å². The molecule has 1 aliphatic heterocycles. The van der Waals surface area contributed by atoms with E-state index in [9.17, 15) is 8.78 Å². The normalized spacial score (nSPS) is 16.3. The first-order chi connectivity index (χ1) is 13.2. The first-order valence-corrected chi connectivity index (χ1v) is 9.33. The monoisotopic (exact) mass is 382 g/mol. The average Bonchev–Trinajstić information content (AvgIpc) is 3.16. The number of amidine groups is 1. The lowest BCUT2D eigenvalue weighted by Crippen LogP contribution is -2.32. The Bertz CT molecular complexity index is 969. The fraction of sp³-hybridized carbons (Fsp3) is 0.150. The molecule has 1 aromatic carbocycles. The predicted octanol–water partition coefficient (Wildman–Crippen LogP) is 4.62. The smallest absolute Gasteiger partial charge is 0.255 e. The predicted molar refractivity (Wildman–Crippen MR) is 104 cm³/mol. The summed E-state index contributed by atoms with van der Waals surface area (Å²) in [6, 6.07) is 16.8. The molecule has 0 bridgehead atoms. The summed E-state index contributed by atoms with van der Waals surface area (Å²) in [5.41, 5.74) is 2.45. The summed E-state index contributed by atoms with van der Waals surface area (Å²) in [6.45, 7) is -0.487. The van der Waals surface area contributed by atoms with E-state index in [4.69, 9.17) is 4.99 Å². The van der Waals surface area contributed by atoms with E-state index in [0.29, 0.717) is 11.7 Å². The van der Waals surface area contributed by atoms with Crippen LogP contribution in [0.2, 0.25) is 0 Å². The Morgan fingerprint density at radius 3 is 2.63 bits per heavy atom. The average molecular weight is 382 g/mol. The van der Waals surface area contributed by atoms with Crippen LogP contribution < -0.4 is 5.32 Å². The number of alkyl halides is 2. The van der Waals surface area contributed by atoms with Gasteiger partial charge < -0.3 is 5.32 Å². The molecular formula is C20H16F2N4S. The summed E-state index contributed by atoms with van der Waals surface area (Å²) >= 11 is 1.52. The van der Waals surface area contributed by atoms with Gasteiger partial charge in [-0.25, -0.2) is 18.8 Å². The van der Waals surface area contributed by atoms with Gasteiger partial charge in [0.1, 0.15) is 11.9 Å². The third-order valence-electron chi connectivity index (χ3n) is 4.08. The molecule has 7 heteroatoms. The molecule has 0 aliphatic carbocycles. The first kappa shape index (κ1) is 17.5. The van der Waals surface area contributed by atoms with Crippen LogP contribution in [0.25, 0.3) is 0 Å². The van der Waals surface area contributed by atoms with Crippen molar-refractivity contribution >= 4 is 28.7 Å². The van der Waals surface area contributed by atoms with Crippen LogP contribution in [0.1, 0.15) is 22.0 Å². The second-order valence-corrected chi connectivity index (χ2v) is 6.88. The number of pyridine rings is 1. The molecule has 3 aromatic rings. The summed E-state index contributed by atoms with van der Waals surface area (Å²) in [7, 11) is 0. The number of nitrogens with one attached hydrogen (secondary N) is 1. The molecule has 2 aromatic heterocycles. The van der Waals surface area contributed by atoms with E-state index in [1.54, 1.807) is 6.20 Å². The largest absolute Gasteiger partial charge is 0.366 e. The number of nitrogens with zero attached hydrogens (tertiary/aromatic N) is 3. The van der Waals surface area contributed by atoms with Crippen LogP contribution in [-0.2, 0) is 0 Å². The Hall–Kier alpha value is -2.93. The van der Waals surface area contributed by atoms with Crippen molar-refractivity contribution in [3.05, 3.63) is 82.2 Å². The molecule has 27 heavy (non-hydrogen) atoms. The zero-order chi connectivity index (χ0) is 18.6. The van der Waals surface area contributed by atoms with Crippen LogP contribution in [0.5, 0.6) is 0 Å². The van der Waals surface area contributed by atoms with Crippen LogP contribution in [-0.4, -0.2) is 29.5 Å². The zero-order valence-electron chi connectivity index (χ0n) is 14.2. The van der Waals surface area contributed by atoms with Crippen LogP contribution in [0.3, 0.4) is 0 Å². The van der Waals surface area contributed by atoms with Crippen LogP contribution >= 0.6 is 11.3 Å². The number of thiophene rings is 1. The lowest BCUT2D eigenvalue weighted by molar-refractivity contribution is 0.152. The van der Waals surface area contributed by atoms with Crippen LogP contribution in [0.15, 0.2) is 76.2 Å². The Kier molecular flexibility index (Phi) is 5.02. The molecule has 0 fully saturated rings. The molecule has 1 unspecified atom stereocenters. The maximum Gasteiger partial charge on any atom is 0.255 e. The highest BCUT2D eigenvalue weighted by Crippen LogP contribution is 2.32. The Labute approximate surface area is 159 Å². The molecule has 4 nitrogen and oxygen atoms in total. The van der Waals surface area contributed by atoms with Crippen LogP contribution in [0.4, 0.5) is 14.6 Å². The lowest BCUT2D eigenvalue weighted by atomic mass is 10.0. The Morgan fingerprint density at radius 2 is 1.89 bits per heavy atom. The molecule has 0 amide bonds. The van der Waals surface area contributed by atoms with Crippen molar-refractivity contribution in [3.63, 3.8) is 0 Å². The number of hydrogen-bond acceptors (Lipinski definition) is 5. The summed E-state index contributed by atoms with van der Waals surface area (Å²) in [4.78, 5) is 14.8. The fourth-order valence-corrected chi connectivity index (χ4v) is 3.66. The number of halogens is 2. The van der Waals surface area contributed by atoms with Gasteiger partial charge in [0.15, 0.2) is 5.82 Å². The van der Waals surface area contributed by atoms with Gasteiger partial charge in [0.05, 0.1) is 12.3 Å². The highest BCUT2D eigenvalue weighted by Gasteiger charge is 2.26. The van der Waals surface area contributed by atoms with Crippen molar-refractivity contribution in [2.45, 2.75) is 12.5 Å². The SMILES string of the molecule is FC(F)CNC1=Nc2ncccc2C(c2ccccc2)=NC1c1cccs1. The molecule has 4 rings (SSSR count). The maximum atomic E-state index is 12.8. The van der Waals surface area contributed by atoms with Crippen molar-refractivity contribution in [3.8, 4) is 0 Å². The summed E-state index contributed by atoms with van der Waals surface area (Å²) < 4.78 is 25.7. The Balaban J connectivity index is 1.89. The van der Waals surface area contributed by atoms with Crippen LogP contribution in [0, 0.1) is 0 Å². The lowest BCUT2D eigenvalue weighted by Gasteiger charge is -2.15. The van der Waals surface area contributed by atoms with E-state index in [0.717, 1.165) is 21.7 Å². The van der Waals surface area contributed by atoms with Gasteiger partial charge in [-0.1, -0.05) is 36.4 Å². The first-order valence-electron chi connectivity index (χ1n) is 8.45. The molecule has 1 aliphatic rings. The highest BCUT2D eigenvalue weighted by atomic mass is 32.1. The van der Waals surface area contributed by atoms with E-state index in [1.807, 2.05) is 60.0 Å². The summed E-state index contributed by atoms with van der Waals surface area (Å²) in [5, 5.41) is 4.71. The topological polar surface area (TPSA) is 49.6 Å². The van der Waals surface area contributed by atoms with Crippen molar-refractivity contribution in [1.29, 1.82) is 0 Å².